The lowest BCUT2D eigenvalue weighted by Gasteiger charge is -2.21. The summed E-state index contributed by atoms with van der Waals surface area (Å²) < 4.78 is 0. The van der Waals surface area contributed by atoms with Crippen LogP contribution >= 0.6 is 0 Å². The predicted molar refractivity (Wildman–Crippen MR) is 64.9 cm³/mol. The van der Waals surface area contributed by atoms with Gasteiger partial charge in [0.05, 0.1) is 11.7 Å². The fraction of sp³-hybridized carbons (Fsp3) is 1.00. The Hall–Kier alpha value is -0.160. The highest BCUT2D eigenvalue weighted by Gasteiger charge is 2.28. The lowest BCUT2D eigenvalue weighted by atomic mass is 9.94. The van der Waals surface area contributed by atoms with Crippen LogP contribution in [0.3, 0.4) is 0 Å². The van der Waals surface area contributed by atoms with Gasteiger partial charge in [-0.1, -0.05) is 12.8 Å². The molecule has 0 spiro atoms. The van der Waals surface area contributed by atoms with Gasteiger partial charge in [0.2, 0.25) is 0 Å². The third-order valence-corrected chi connectivity index (χ3v) is 3.66. The summed E-state index contributed by atoms with van der Waals surface area (Å²) >= 11 is 0. The van der Waals surface area contributed by atoms with Crippen molar-refractivity contribution >= 4 is 0 Å². The van der Waals surface area contributed by atoms with Crippen molar-refractivity contribution in [1.29, 1.82) is 0 Å². The SMILES string of the molecule is NC1CCC(O)CC1.NCC1(O)CCCC1. The minimum atomic E-state index is -0.486. The number of nitrogens with two attached hydrogens (primary N) is 2. The average Bonchev–Trinajstić information content (AvgIpc) is 2.72. The molecule has 96 valence electrons. The smallest absolute Gasteiger partial charge is 0.0769 e. The third kappa shape index (κ3) is 4.78. The zero-order valence-corrected chi connectivity index (χ0v) is 10.1. The summed E-state index contributed by atoms with van der Waals surface area (Å²) in [5, 5.41) is 18.3. The number of aliphatic hydroxyl groups is 2. The zero-order chi connectivity index (χ0) is 12.0. The average molecular weight is 230 g/mol. The molecule has 0 heterocycles. The number of rotatable bonds is 1. The van der Waals surface area contributed by atoms with E-state index in [1.54, 1.807) is 0 Å². The summed E-state index contributed by atoms with van der Waals surface area (Å²) in [4.78, 5) is 0. The molecular weight excluding hydrogens is 204 g/mol. The van der Waals surface area contributed by atoms with Gasteiger partial charge in [0.15, 0.2) is 0 Å². The maximum Gasteiger partial charge on any atom is 0.0769 e. The summed E-state index contributed by atoms with van der Waals surface area (Å²) in [6.07, 6.45) is 7.86. The molecule has 0 aromatic heterocycles. The Morgan fingerprint density at radius 3 is 1.88 bits per heavy atom. The lowest BCUT2D eigenvalue weighted by Crippen LogP contribution is -2.33. The molecule has 0 radical (unpaired) electrons. The van der Waals surface area contributed by atoms with Crippen molar-refractivity contribution in [1.82, 2.24) is 0 Å². The van der Waals surface area contributed by atoms with Gasteiger partial charge < -0.3 is 21.7 Å². The number of aliphatic hydroxyl groups excluding tert-OH is 1. The first-order chi connectivity index (χ1) is 7.56. The van der Waals surface area contributed by atoms with Crippen molar-refractivity contribution in [3.63, 3.8) is 0 Å². The molecule has 4 nitrogen and oxygen atoms in total. The van der Waals surface area contributed by atoms with Crippen molar-refractivity contribution in [3.05, 3.63) is 0 Å². The van der Waals surface area contributed by atoms with Crippen LogP contribution in [0.1, 0.15) is 51.4 Å². The third-order valence-electron chi connectivity index (χ3n) is 3.66. The summed E-state index contributed by atoms with van der Waals surface area (Å²) in [6.45, 7) is 0.438. The van der Waals surface area contributed by atoms with E-state index in [-0.39, 0.29) is 6.10 Å². The molecular formula is C12H26N2O2. The van der Waals surface area contributed by atoms with Crippen LogP contribution in [-0.2, 0) is 0 Å². The Balaban J connectivity index is 0.000000160. The highest BCUT2D eigenvalue weighted by atomic mass is 16.3. The monoisotopic (exact) mass is 230 g/mol. The molecule has 2 rings (SSSR count). The van der Waals surface area contributed by atoms with Crippen molar-refractivity contribution in [2.75, 3.05) is 6.54 Å². The second-order valence-corrected chi connectivity index (χ2v) is 5.20. The molecule has 0 saturated heterocycles. The van der Waals surface area contributed by atoms with E-state index in [0.29, 0.717) is 12.6 Å². The Bertz CT molecular complexity index is 175. The lowest BCUT2D eigenvalue weighted by molar-refractivity contribution is 0.0570. The fourth-order valence-electron chi connectivity index (χ4n) is 2.34. The second-order valence-electron chi connectivity index (χ2n) is 5.20. The molecule has 0 amide bonds. The molecule has 4 heteroatoms. The van der Waals surface area contributed by atoms with Crippen molar-refractivity contribution in [2.24, 2.45) is 11.5 Å². The standard InChI is InChI=1S/2C6H13NO/c7-5-1-3-6(8)4-2-5;7-5-6(8)3-1-2-4-6/h5-6,8H,1-4,7H2;8H,1-5,7H2. The summed E-state index contributed by atoms with van der Waals surface area (Å²) in [6, 6.07) is 0.360. The van der Waals surface area contributed by atoms with E-state index in [1.807, 2.05) is 0 Å². The molecule has 0 aliphatic heterocycles. The van der Waals surface area contributed by atoms with Crippen LogP contribution in [0.25, 0.3) is 0 Å². The molecule has 0 atom stereocenters. The van der Waals surface area contributed by atoms with Gasteiger partial charge in [-0.15, -0.1) is 0 Å². The van der Waals surface area contributed by atoms with Crippen LogP contribution < -0.4 is 11.5 Å². The van der Waals surface area contributed by atoms with Crippen LogP contribution in [0.5, 0.6) is 0 Å². The van der Waals surface area contributed by atoms with Crippen LogP contribution in [0.2, 0.25) is 0 Å². The van der Waals surface area contributed by atoms with Crippen molar-refractivity contribution < 1.29 is 10.2 Å². The van der Waals surface area contributed by atoms with E-state index in [9.17, 15) is 5.11 Å². The van der Waals surface area contributed by atoms with Crippen LogP contribution in [0.15, 0.2) is 0 Å². The fourth-order valence-corrected chi connectivity index (χ4v) is 2.34. The largest absolute Gasteiger partial charge is 0.393 e. The van der Waals surface area contributed by atoms with Gasteiger partial charge in [0.25, 0.3) is 0 Å². The van der Waals surface area contributed by atoms with E-state index >= 15 is 0 Å². The van der Waals surface area contributed by atoms with E-state index in [4.69, 9.17) is 16.6 Å². The van der Waals surface area contributed by atoms with Gasteiger partial charge in [-0.3, -0.25) is 0 Å². The van der Waals surface area contributed by atoms with Gasteiger partial charge in [0.1, 0.15) is 0 Å². The van der Waals surface area contributed by atoms with E-state index in [0.717, 1.165) is 51.4 Å². The van der Waals surface area contributed by atoms with Gasteiger partial charge in [-0.2, -0.15) is 0 Å². The summed E-state index contributed by atoms with van der Waals surface area (Å²) in [7, 11) is 0. The highest BCUT2D eigenvalue weighted by molar-refractivity contribution is 4.84. The maximum absolute atomic E-state index is 9.38. The minimum Gasteiger partial charge on any atom is -0.393 e. The summed E-state index contributed by atoms with van der Waals surface area (Å²) in [5.41, 5.74) is 10.4. The number of hydrogen-bond donors (Lipinski definition) is 4. The predicted octanol–water partition coefficient (Wildman–Crippen LogP) is 0.499. The van der Waals surface area contributed by atoms with Crippen molar-refractivity contribution in [3.8, 4) is 0 Å². The van der Waals surface area contributed by atoms with E-state index < -0.39 is 5.60 Å². The van der Waals surface area contributed by atoms with Crippen molar-refractivity contribution in [2.45, 2.75) is 69.1 Å². The molecule has 0 aromatic carbocycles. The first kappa shape index (κ1) is 13.9. The van der Waals surface area contributed by atoms with Crippen LogP contribution in [-0.4, -0.2) is 34.5 Å². The first-order valence-electron chi connectivity index (χ1n) is 6.42. The van der Waals surface area contributed by atoms with Gasteiger partial charge in [-0.25, -0.2) is 0 Å². The molecule has 0 unspecified atom stereocenters. The molecule has 2 fully saturated rings. The molecule has 0 bridgehead atoms. The Morgan fingerprint density at radius 1 is 1.06 bits per heavy atom. The molecule has 2 aliphatic carbocycles. The molecule has 0 aromatic rings. The Kier molecular flexibility index (Phi) is 5.69. The maximum atomic E-state index is 9.38. The Labute approximate surface area is 98.0 Å². The van der Waals surface area contributed by atoms with Gasteiger partial charge >= 0.3 is 0 Å². The number of hydrogen-bond acceptors (Lipinski definition) is 4. The van der Waals surface area contributed by atoms with Crippen LogP contribution in [0.4, 0.5) is 0 Å². The molecule has 16 heavy (non-hydrogen) atoms. The molecule has 2 saturated carbocycles. The normalized spacial score (nSPS) is 33.0. The molecule has 2 aliphatic rings. The van der Waals surface area contributed by atoms with Gasteiger partial charge in [-0.05, 0) is 38.5 Å². The first-order valence-corrected chi connectivity index (χ1v) is 6.42. The minimum absolute atomic E-state index is 0.0604. The second kappa shape index (κ2) is 6.55. The summed E-state index contributed by atoms with van der Waals surface area (Å²) in [5.74, 6) is 0. The highest BCUT2D eigenvalue weighted by Crippen LogP contribution is 2.27. The zero-order valence-electron chi connectivity index (χ0n) is 10.1. The van der Waals surface area contributed by atoms with E-state index in [2.05, 4.69) is 0 Å². The molecule has 6 N–H and O–H groups in total. The van der Waals surface area contributed by atoms with Crippen LogP contribution in [0, 0.1) is 0 Å². The topological polar surface area (TPSA) is 92.5 Å². The van der Waals surface area contributed by atoms with Gasteiger partial charge in [0, 0.05) is 12.6 Å². The Morgan fingerprint density at radius 2 is 1.56 bits per heavy atom. The quantitative estimate of drug-likeness (QED) is 0.528. The van der Waals surface area contributed by atoms with E-state index in [1.165, 1.54) is 0 Å².